The number of aliphatic hydroxyl groups excluding tert-OH is 1. The Balaban J connectivity index is 2.44. The molecule has 0 heterocycles. The van der Waals surface area contributed by atoms with Gasteiger partial charge in [0.05, 0.1) is 18.2 Å². The van der Waals surface area contributed by atoms with Crippen molar-refractivity contribution in [2.24, 2.45) is 5.73 Å². The van der Waals surface area contributed by atoms with Gasteiger partial charge in [0.25, 0.3) is 0 Å². The molecule has 0 saturated heterocycles. The summed E-state index contributed by atoms with van der Waals surface area (Å²) in [6, 6.07) is 8.13. The van der Waals surface area contributed by atoms with E-state index >= 15 is 0 Å². The molecule has 0 aliphatic rings. The summed E-state index contributed by atoms with van der Waals surface area (Å²) in [6.45, 7) is -0.160. The number of carbonyl (C=O) groups excluding carboxylic acids is 1. The highest BCUT2D eigenvalue weighted by molar-refractivity contribution is 5.89. The van der Waals surface area contributed by atoms with Crippen LogP contribution in [0.2, 0.25) is 0 Å². The lowest BCUT2D eigenvalue weighted by Gasteiger charge is -2.08. The summed E-state index contributed by atoms with van der Waals surface area (Å²) in [6.07, 6.45) is 0. The minimum atomic E-state index is -0.511. The van der Waals surface area contributed by atoms with E-state index in [9.17, 15) is 4.79 Å². The van der Waals surface area contributed by atoms with Gasteiger partial charge in [-0.25, -0.2) is 4.79 Å². The summed E-state index contributed by atoms with van der Waals surface area (Å²) in [5.41, 5.74) is 5.86. The van der Waals surface area contributed by atoms with Crippen molar-refractivity contribution < 1.29 is 14.6 Å². The molecule has 0 spiro atoms. The molecule has 0 saturated carbocycles. The standard InChI is InChI=1S/C10H13NO3/c11-9(6-12)7-14-10(13)8-4-2-1-3-5-8/h1-5,9,12H,6-7,11H2. The first kappa shape index (κ1) is 10.7. The molecule has 0 aliphatic heterocycles. The molecule has 1 aromatic rings. The Labute approximate surface area is 82.3 Å². The number of hydrogen-bond donors (Lipinski definition) is 2. The zero-order chi connectivity index (χ0) is 10.4. The monoisotopic (exact) mass is 195 g/mol. The van der Waals surface area contributed by atoms with Gasteiger partial charge < -0.3 is 15.6 Å². The second-order valence-electron chi connectivity index (χ2n) is 2.91. The Morgan fingerprint density at radius 2 is 2.07 bits per heavy atom. The predicted octanol–water partition coefficient (Wildman–Crippen LogP) is 0.163. The highest BCUT2D eigenvalue weighted by Gasteiger charge is 2.08. The number of carbonyl (C=O) groups is 1. The van der Waals surface area contributed by atoms with Crippen LogP contribution < -0.4 is 5.73 Å². The minimum absolute atomic E-state index is 0.0320. The number of nitrogens with two attached hydrogens (primary N) is 1. The first-order chi connectivity index (χ1) is 6.74. The van der Waals surface area contributed by atoms with E-state index in [1.54, 1.807) is 24.3 Å². The van der Waals surface area contributed by atoms with Crippen LogP contribution in [0.5, 0.6) is 0 Å². The fraction of sp³-hybridized carbons (Fsp3) is 0.300. The van der Waals surface area contributed by atoms with E-state index in [0.717, 1.165) is 0 Å². The van der Waals surface area contributed by atoms with Gasteiger partial charge in [-0.3, -0.25) is 0 Å². The molecule has 1 unspecified atom stereocenters. The lowest BCUT2D eigenvalue weighted by molar-refractivity contribution is 0.0454. The molecule has 3 N–H and O–H groups in total. The van der Waals surface area contributed by atoms with Crippen LogP contribution >= 0.6 is 0 Å². The van der Waals surface area contributed by atoms with Gasteiger partial charge in [-0.15, -0.1) is 0 Å². The van der Waals surface area contributed by atoms with Crippen LogP contribution in [0.3, 0.4) is 0 Å². The molecular weight excluding hydrogens is 182 g/mol. The van der Waals surface area contributed by atoms with Crippen LogP contribution in [-0.4, -0.2) is 30.3 Å². The van der Waals surface area contributed by atoms with Crippen LogP contribution in [0.15, 0.2) is 30.3 Å². The maximum Gasteiger partial charge on any atom is 0.338 e. The zero-order valence-corrected chi connectivity index (χ0v) is 7.72. The Bertz CT molecular complexity index is 287. The van der Waals surface area contributed by atoms with Crippen molar-refractivity contribution in [2.45, 2.75) is 6.04 Å². The molecular formula is C10H13NO3. The summed E-state index contributed by atoms with van der Waals surface area (Å²) in [5, 5.41) is 8.60. The molecule has 76 valence electrons. The quantitative estimate of drug-likeness (QED) is 0.671. The average molecular weight is 195 g/mol. The molecule has 0 amide bonds. The highest BCUT2D eigenvalue weighted by Crippen LogP contribution is 2.00. The van der Waals surface area contributed by atoms with Gasteiger partial charge in [0.2, 0.25) is 0 Å². The van der Waals surface area contributed by atoms with E-state index in [2.05, 4.69) is 0 Å². The Kier molecular flexibility index (Phi) is 4.10. The normalized spacial score (nSPS) is 12.1. The smallest absolute Gasteiger partial charge is 0.338 e. The summed E-state index contributed by atoms with van der Waals surface area (Å²) >= 11 is 0. The zero-order valence-electron chi connectivity index (χ0n) is 7.72. The number of hydrogen-bond acceptors (Lipinski definition) is 4. The van der Waals surface area contributed by atoms with Gasteiger partial charge in [-0.1, -0.05) is 18.2 Å². The highest BCUT2D eigenvalue weighted by atomic mass is 16.5. The number of aliphatic hydroxyl groups is 1. The fourth-order valence-corrected chi connectivity index (χ4v) is 0.893. The van der Waals surface area contributed by atoms with Gasteiger partial charge in [-0.2, -0.15) is 0 Å². The van der Waals surface area contributed by atoms with Crippen molar-refractivity contribution in [1.29, 1.82) is 0 Å². The van der Waals surface area contributed by atoms with E-state index in [0.29, 0.717) is 5.56 Å². The Hall–Kier alpha value is -1.39. The van der Waals surface area contributed by atoms with Crippen molar-refractivity contribution in [3.63, 3.8) is 0 Å². The molecule has 4 heteroatoms. The molecule has 0 bridgehead atoms. The summed E-state index contributed by atoms with van der Waals surface area (Å²) in [7, 11) is 0. The summed E-state index contributed by atoms with van der Waals surface area (Å²) < 4.78 is 4.86. The maximum atomic E-state index is 11.3. The topological polar surface area (TPSA) is 72.6 Å². The third-order valence-electron chi connectivity index (χ3n) is 1.67. The largest absolute Gasteiger partial charge is 0.460 e. The van der Waals surface area contributed by atoms with Crippen LogP contribution in [-0.2, 0) is 4.74 Å². The Morgan fingerprint density at radius 1 is 1.43 bits per heavy atom. The molecule has 0 radical (unpaired) electrons. The molecule has 1 rings (SSSR count). The number of ether oxygens (including phenoxy) is 1. The lowest BCUT2D eigenvalue weighted by Crippen LogP contribution is -2.31. The summed E-state index contributed by atoms with van der Waals surface area (Å²) in [5.74, 6) is -0.422. The van der Waals surface area contributed by atoms with Crippen molar-refractivity contribution in [3.05, 3.63) is 35.9 Å². The molecule has 1 atom stereocenters. The van der Waals surface area contributed by atoms with Gasteiger partial charge in [0.1, 0.15) is 6.61 Å². The van der Waals surface area contributed by atoms with Crippen molar-refractivity contribution in [3.8, 4) is 0 Å². The first-order valence-electron chi connectivity index (χ1n) is 4.32. The predicted molar refractivity (Wildman–Crippen MR) is 51.8 cm³/mol. The van der Waals surface area contributed by atoms with Crippen molar-refractivity contribution in [2.75, 3.05) is 13.2 Å². The number of rotatable bonds is 4. The second kappa shape index (κ2) is 5.36. The molecule has 1 aromatic carbocycles. The molecule has 14 heavy (non-hydrogen) atoms. The van der Waals surface area contributed by atoms with Crippen molar-refractivity contribution >= 4 is 5.97 Å². The van der Waals surface area contributed by atoms with Crippen LogP contribution in [0, 0.1) is 0 Å². The van der Waals surface area contributed by atoms with Crippen LogP contribution in [0.4, 0.5) is 0 Å². The molecule has 4 nitrogen and oxygen atoms in total. The van der Waals surface area contributed by atoms with E-state index < -0.39 is 12.0 Å². The van der Waals surface area contributed by atoms with E-state index in [4.69, 9.17) is 15.6 Å². The van der Waals surface area contributed by atoms with Gasteiger partial charge in [0.15, 0.2) is 0 Å². The van der Waals surface area contributed by atoms with Gasteiger partial charge >= 0.3 is 5.97 Å². The van der Waals surface area contributed by atoms with Crippen molar-refractivity contribution in [1.82, 2.24) is 0 Å². The number of esters is 1. The second-order valence-corrected chi connectivity index (χ2v) is 2.91. The average Bonchev–Trinajstić information content (AvgIpc) is 2.26. The van der Waals surface area contributed by atoms with E-state index in [1.807, 2.05) is 6.07 Å². The first-order valence-corrected chi connectivity index (χ1v) is 4.32. The number of benzene rings is 1. The third kappa shape index (κ3) is 3.16. The molecule has 0 fully saturated rings. The van der Waals surface area contributed by atoms with Crippen LogP contribution in [0.25, 0.3) is 0 Å². The fourth-order valence-electron chi connectivity index (χ4n) is 0.893. The van der Waals surface area contributed by atoms with E-state index in [1.165, 1.54) is 0 Å². The third-order valence-corrected chi connectivity index (χ3v) is 1.67. The van der Waals surface area contributed by atoms with Gasteiger partial charge in [0, 0.05) is 0 Å². The van der Waals surface area contributed by atoms with Gasteiger partial charge in [-0.05, 0) is 12.1 Å². The SMILES string of the molecule is NC(CO)COC(=O)c1ccccc1. The minimum Gasteiger partial charge on any atom is -0.460 e. The summed E-state index contributed by atoms with van der Waals surface area (Å²) in [4.78, 5) is 11.3. The molecule has 0 aliphatic carbocycles. The maximum absolute atomic E-state index is 11.3. The van der Waals surface area contributed by atoms with E-state index in [-0.39, 0.29) is 13.2 Å². The lowest BCUT2D eigenvalue weighted by atomic mass is 10.2. The Morgan fingerprint density at radius 3 is 2.64 bits per heavy atom. The molecule has 0 aromatic heterocycles. The van der Waals surface area contributed by atoms with Crippen LogP contribution in [0.1, 0.15) is 10.4 Å².